The second kappa shape index (κ2) is 7.95. The minimum atomic E-state index is -1.76. The lowest BCUT2D eigenvalue weighted by Crippen LogP contribution is -2.46. The van der Waals surface area contributed by atoms with Crippen LogP contribution in [-0.2, 0) is 0 Å². The number of para-hydroxylation sites is 1. The van der Waals surface area contributed by atoms with E-state index in [2.05, 4.69) is 20.5 Å². The Bertz CT molecular complexity index is 764. The van der Waals surface area contributed by atoms with Crippen molar-refractivity contribution in [2.24, 2.45) is 5.10 Å². The van der Waals surface area contributed by atoms with E-state index in [0.29, 0.717) is 10.9 Å². The summed E-state index contributed by atoms with van der Waals surface area (Å²) >= 11 is 0. The normalized spacial score (nSPS) is 16.9. The molecule has 0 spiro atoms. The molecule has 0 saturated heterocycles. The third kappa shape index (κ3) is 4.13. The molecule has 0 aliphatic carbocycles. The van der Waals surface area contributed by atoms with Crippen LogP contribution >= 0.6 is 0 Å². The van der Waals surface area contributed by atoms with E-state index in [4.69, 9.17) is 5.11 Å². The van der Waals surface area contributed by atoms with Gasteiger partial charge in [-0.05, 0) is 12.1 Å². The summed E-state index contributed by atoms with van der Waals surface area (Å²) in [5.74, 6) is 0.0209. The maximum atomic E-state index is 11.8. The Balaban J connectivity index is 2.04. The number of nitrogens with one attached hydrogen (secondary N) is 2. The Hall–Kier alpha value is -2.37. The van der Waals surface area contributed by atoms with Crippen LogP contribution < -0.4 is 11.0 Å². The standard InChI is InChI=1S/C14H18N4O6/c19-6-10(21)12(23)11(22)9(20)5-15-18-14-16-8-4-2-1-3-7(8)13(24)17-14/h1-5,9-12,19-23H,6H2,(H2,16,17,18,24)/b15-5+. The van der Waals surface area contributed by atoms with Crippen molar-refractivity contribution in [3.63, 3.8) is 0 Å². The number of aliphatic hydroxyl groups is 5. The third-order valence-corrected chi connectivity index (χ3v) is 3.29. The zero-order valence-electron chi connectivity index (χ0n) is 12.4. The second-order valence-electron chi connectivity index (χ2n) is 5.04. The van der Waals surface area contributed by atoms with Crippen LogP contribution in [-0.4, -0.2) is 72.7 Å². The van der Waals surface area contributed by atoms with Gasteiger partial charge in [-0.3, -0.25) is 9.78 Å². The molecule has 4 atom stereocenters. The zero-order chi connectivity index (χ0) is 17.7. The lowest BCUT2D eigenvalue weighted by molar-refractivity contribution is -0.0999. The molecule has 0 fully saturated rings. The zero-order valence-corrected chi connectivity index (χ0v) is 12.4. The molecule has 1 aromatic carbocycles. The summed E-state index contributed by atoms with van der Waals surface area (Å²) < 4.78 is 0. The summed E-state index contributed by atoms with van der Waals surface area (Å²) in [6.45, 7) is -0.775. The molecule has 1 heterocycles. The molecule has 10 heteroatoms. The molecule has 0 aliphatic heterocycles. The van der Waals surface area contributed by atoms with Crippen molar-refractivity contribution in [1.82, 2.24) is 9.97 Å². The van der Waals surface area contributed by atoms with Crippen molar-refractivity contribution in [3.05, 3.63) is 34.6 Å². The largest absolute Gasteiger partial charge is 0.394 e. The van der Waals surface area contributed by atoms with Gasteiger partial charge in [-0.2, -0.15) is 5.10 Å². The molecule has 4 unspecified atom stereocenters. The van der Waals surface area contributed by atoms with E-state index in [9.17, 15) is 25.2 Å². The third-order valence-electron chi connectivity index (χ3n) is 3.29. The van der Waals surface area contributed by atoms with E-state index >= 15 is 0 Å². The minimum absolute atomic E-state index is 0.0209. The number of hydrogen-bond acceptors (Lipinski definition) is 9. The Morgan fingerprint density at radius 1 is 1.21 bits per heavy atom. The van der Waals surface area contributed by atoms with Gasteiger partial charge in [0.05, 0.1) is 23.7 Å². The predicted octanol–water partition coefficient (Wildman–Crippen LogP) is -2.24. The molecule has 1 aromatic heterocycles. The van der Waals surface area contributed by atoms with Gasteiger partial charge in [0.15, 0.2) is 0 Å². The van der Waals surface area contributed by atoms with E-state index in [1.807, 2.05) is 0 Å². The van der Waals surface area contributed by atoms with Gasteiger partial charge in [0.2, 0.25) is 5.95 Å². The highest BCUT2D eigenvalue weighted by Crippen LogP contribution is 2.08. The highest BCUT2D eigenvalue weighted by atomic mass is 16.4. The maximum absolute atomic E-state index is 11.8. The SMILES string of the molecule is O=c1[nH]c(N/N=C/C(O)C(O)C(O)C(O)CO)nc2ccccc12. The van der Waals surface area contributed by atoms with Gasteiger partial charge < -0.3 is 25.5 Å². The van der Waals surface area contributed by atoms with Crippen molar-refractivity contribution in [2.75, 3.05) is 12.0 Å². The van der Waals surface area contributed by atoms with E-state index in [1.165, 1.54) is 0 Å². The van der Waals surface area contributed by atoms with Crippen molar-refractivity contribution >= 4 is 23.1 Å². The van der Waals surface area contributed by atoms with Crippen LogP contribution in [0.25, 0.3) is 10.9 Å². The molecule has 0 bridgehead atoms. The highest BCUT2D eigenvalue weighted by molar-refractivity contribution is 5.78. The Labute approximate surface area is 135 Å². The molecule has 0 radical (unpaired) electrons. The molecule has 0 amide bonds. The first-order valence-electron chi connectivity index (χ1n) is 7.05. The Morgan fingerprint density at radius 3 is 2.62 bits per heavy atom. The molecule has 0 aliphatic rings. The lowest BCUT2D eigenvalue weighted by Gasteiger charge is -2.23. The fraction of sp³-hybridized carbons (Fsp3) is 0.357. The minimum Gasteiger partial charge on any atom is -0.394 e. The summed E-state index contributed by atoms with van der Waals surface area (Å²) in [6.07, 6.45) is -5.89. The number of rotatable bonds is 7. The van der Waals surface area contributed by atoms with Crippen molar-refractivity contribution in [3.8, 4) is 0 Å². The molecule has 24 heavy (non-hydrogen) atoms. The van der Waals surface area contributed by atoms with Gasteiger partial charge in [-0.1, -0.05) is 12.1 Å². The van der Waals surface area contributed by atoms with E-state index < -0.39 is 31.0 Å². The number of aromatic nitrogens is 2. The maximum Gasteiger partial charge on any atom is 0.260 e. The molecule has 0 saturated carbocycles. The number of aromatic amines is 1. The van der Waals surface area contributed by atoms with Gasteiger partial charge in [-0.15, -0.1) is 0 Å². The van der Waals surface area contributed by atoms with Crippen LogP contribution in [0.1, 0.15) is 0 Å². The van der Waals surface area contributed by atoms with Crippen molar-refractivity contribution < 1.29 is 25.5 Å². The predicted molar refractivity (Wildman–Crippen MR) is 85.6 cm³/mol. The van der Waals surface area contributed by atoms with Gasteiger partial charge >= 0.3 is 0 Å². The summed E-state index contributed by atoms with van der Waals surface area (Å²) in [6, 6.07) is 6.68. The van der Waals surface area contributed by atoms with Crippen LogP contribution in [0.5, 0.6) is 0 Å². The molecule has 10 nitrogen and oxygen atoms in total. The number of benzene rings is 1. The topological polar surface area (TPSA) is 171 Å². The summed E-state index contributed by atoms with van der Waals surface area (Å²) in [5.41, 5.74) is 2.45. The van der Waals surface area contributed by atoms with Crippen LogP contribution in [0.15, 0.2) is 34.2 Å². The van der Waals surface area contributed by atoms with Crippen molar-refractivity contribution in [2.45, 2.75) is 24.4 Å². The average Bonchev–Trinajstić information content (AvgIpc) is 2.59. The lowest BCUT2D eigenvalue weighted by atomic mass is 10.0. The van der Waals surface area contributed by atoms with Gasteiger partial charge in [-0.25, -0.2) is 10.4 Å². The monoisotopic (exact) mass is 338 g/mol. The first kappa shape index (κ1) is 18.0. The summed E-state index contributed by atoms with van der Waals surface area (Å²) in [4.78, 5) is 18.4. The highest BCUT2D eigenvalue weighted by Gasteiger charge is 2.29. The molecule has 7 N–H and O–H groups in total. The van der Waals surface area contributed by atoms with Crippen LogP contribution in [0, 0.1) is 0 Å². The van der Waals surface area contributed by atoms with E-state index in [1.54, 1.807) is 24.3 Å². The quantitative estimate of drug-likeness (QED) is 0.219. The molecule has 2 aromatic rings. The number of fused-ring (bicyclic) bond motifs is 1. The van der Waals surface area contributed by atoms with E-state index in [0.717, 1.165) is 6.21 Å². The molecular formula is C14H18N4O6. The number of aliphatic hydroxyl groups excluding tert-OH is 5. The summed E-state index contributed by atoms with van der Waals surface area (Å²) in [5, 5.41) is 50.6. The number of hydrogen-bond donors (Lipinski definition) is 7. The molecular weight excluding hydrogens is 320 g/mol. The number of nitrogens with zero attached hydrogens (tertiary/aromatic N) is 2. The first-order valence-corrected chi connectivity index (χ1v) is 7.05. The smallest absolute Gasteiger partial charge is 0.260 e. The second-order valence-corrected chi connectivity index (χ2v) is 5.04. The van der Waals surface area contributed by atoms with Crippen LogP contribution in [0.2, 0.25) is 0 Å². The average molecular weight is 338 g/mol. The van der Waals surface area contributed by atoms with Gasteiger partial charge in [0.25, 0.3) is 5.56 Å². The Kier molecular flexibility index (Phi) is 5.95. The molecule has 130 valence electrons. The Morgan fingerprint density at radius 2 is 1.92 bits per heavy atom. The summed E-state index contributed by atoms with van der Waals surface area (Å²) in [7, 11) is 0. The molecule has 2 rings (SSSR count). The fourth-order valence-corrected chi connectivity index (χ4v) is 1.94. The first-order chi connectivity index (χ1) is 11.4. The van der Waals surface area contributed by atoms with Gasteiger partial charge in [0, 0.05) is 0 Å². The van der Waals surface area contributed by atoms with E-state index in [-0.39, 0.29) is 11.5 Å². The van der Waals surface area contributed by atoms with Crippen LogP contribution in [0.4, 0.5) is 5.95 Å². The van der Waals surface area contributed by atoms with Gasteiger partial charge in [0.1, 0.15) is 24.4 Å². The number of hydrazone groups is 1. The number of anilines is 1. The van der Waals surface area contributed by atoms with Crippen molar-refractivity contribution in [1.29, 1.82) is 0 Å². The van der Waals surface area contributed by atoms with Crippen LogP contribution in [0.3, 0.4) is 0 Å². The fourth-order valence-electron chi connectivity index (χ4n) is 1.94. The number of H-pyrrole nitrogens is 1.